The van der Waals surface area contributed by atoms with E-state index in [0.717, 1.165) is 19.3 Å². The number of carbonyl (C=O) groups is 1. The van der Waals surface area contributed by atoms with E-state index >= 15 is 0 Å². The van der Waals surface area contributed by atoms with Crippen molar-refractivity contribution in [2.24, 2.45) is 5.41 Å². The summed E-state index contributed by atoms with van der Waals surface area (Å²) in [6.45, 7) is 7.96. The Morgan fingerprint density at radius 1 is 1.57 bits per heavy atom. The van der Waals surface area contributed by atoms with Crippen molar-refractivity contribution in [3.05, 3.63) is 11.6 Å². The van der Waals surface area contributed by atoms with E-state index in [9.17, 15) is 4.79 Å². The Labute approximate surface area is 86.3 Å². The van der Waals surface area contributed by atoms with E-state index in [4.69, 9.17) is 4.74 Å². The highest BCUT2D eigenvalue weighted by atomic mass is 16.5. The van der Waals surface area contributed by atoms with Gasteiger partial charge in [-0.15, -0.1) is 0 Å². The van der Waals surface area contributed by atoms with Crippen LogP contribution < -0.4 is 0 Å². The summed E-state index contributed by atoms with van der Waals surface area (Å²) < 4.78 is 5.36. The smallest absolute Gasteiger partial charge is 0.302 e. The van der Waals surface area contributed by atoms with Gasteiger partial charge in [-0.3, -0.25) is 4.79 Å². The van der Waals surface area contributed by atoms with Gasteiger partial charge in [0.1, 0.15) is 6.10 Å². The van der Waals surface area contributed by atoms with Crippen LogP contribution in [0.1, 0.15) is 47.0 Å². The first-order valence-corrected chi connectivity index (χ1v) is 5.24. The lowest BCUT2D eigenvalue weighted by atomic mass is 9.82. The van der Waals surface area contributed by atoms with Gasteiger partial charge < -0.3 is 4.74 Å². The largest absolute Gasteiger partial charge is 0.462 e. The minimum Gasteiger partial charge on any atom is -0.462 e. The van der Waals surface area contributed by atoms with E-state index in [1.165, 1.54) is 12.5 Å². The topological polar surface area (TPSA) is 26.3 Å². The molecule has 80 valence electrons. The summed E-state index contributed by atoms with van der Waals surface area (Å²) in [5.41, 5.74) is 1.48. The number of carbonyl (C=O) groups excluding carboxylic acids is 1. The molecule has 0 aromatic heterocycles. The number of ether oxygens (including phenoxy) is 1. The quantitative estimate of drug-likeness (QED) is 0.476. The summed E-state index contributed by atoms with van der Waals surface area (Å²) >= 11 is 0. The molecule has 0 heterocycles. The van der Waals surface area contributed by atoms with Crippen LogP contribution in [0.5, 0.6) is 0 Å². The van der Waals surface area contributed by atoms with Gasteiger partial charge in [-0.2, -0.15) is 0 Å². The Morgan fingerprint density at radius 2 is 2.21 bits per heavy atom. The molecule has 0 aromatic rings. The van der Waals surface area contributed by atoms with Crippen LogP contribution in [0, 0.1) is 5.41 Å². The van der Waals surface area contributed by atoms with Crippen LogP contribution in [0.4, 0.5) is 0 Å². The van der Waals surface area contributed by atoms with E-state index in [1.807, 2.05) is 0 Å². The van der Waals surface area contributed by atoms with Crippen LogP contribution in [-0.4, -0.2) is 12.1 Å². The van der Waals surface area contributed by atoms with Crippen molar-refractivity contribution in [3.63, 3.8) is 0 Å². The molecule has 1 aliphatic rings. The molecule has 2 heteroatoms. The molecule has 0 saturated carbocycles. The molecular formula is C12H20O2. The van der Waals surface area contributed by atoms with Crippen LogP contribution in [0.15, 0.2) is 11.6 Å². The van der Waals surface area contributed by atoms with Crippen molar-refractivity contribution in [1.82, 2.24) is 0 Å². The lowest BCUT2D eigenvalue weighted by Gasteiger charge is -2.31. The molecule has 1 unspecified atom stereocenters. The normalized spacial score (nSPS) is 26.3. The van der Waals surface area contributed by atoms with Gasteiger partial charge >= 0.3 is 5.97 Å². The predicted molar refractivity (Wildman–Crippen MR) is 56.9 cm³/mol. The second-order valence-corrected chi connectivity index (χ2v) is 4.88. The van der Waals surface area contributed by atoms with Gasteiger partial charge in [0, 0.05) is 12.3 Å². The third-order valence-electron chi connectivity index (χ3n) is 2.96. The average molecular weight is 196 g/mol. The first-order valence-electron chi connectivity index (χ1n) is 5.24. The van der Waals surface area contributed by atoms with Crippen molar-refractivity contribution in [1.29, 1.82) is 0 Å². The summed E-state index contributed by atoms with van der Waals surface area (Å²) in [6, 6.07) is 0. The summed E-state index contributed by atoms with van der Waals surface area (Å²) in [5.74, 6) is -0.164. The van der Waals surface area contributed by atoms with Gasteiger partial charge in [-0.05, 0) is 26.2 Å². The molecule has 0 saturated heterocycles. The highest BCUT2D eigenvalue weighted by Crippen LogP contribution is 2.35. The van der Waals surface area contributed by atoms with Gasteiger partial charge in [0.05, 0.1) is 0 Å². The molecule has 0 bridgehead atoms. The summed E-state index contributed by atoms with van der Waals surface area (Å²) in [6.07, 6.45) is 5.32. The number of allylic oxidation sites excluding steroid dienone is 2. The maximum absolute atomic E-state index is 11.0. The fourth-order valence-electron chi connectivity index (χ4n) is 1.84. The molecular weight excluding hydrogens is 176 g/mol. The lowest BCUT2D eigenvalue weighted by molar-refractivity contribution is -0.152. The monoisotopic (exact) mass is 196 g/mol. The van der Waals surface area contributed by atoms with Crippen LogP contribution in [0.3, 0.4) is 0 Å². The molecule has 0 radical (unpaired) electrons. The standard InChI is InChI=1S/C12H20O2/c1-9-5-6-11(14-10(2)13)12(3,4)8-7-9/h7,11H,5-6,8H2,1-4H3. The third kappa shape index (κ3) is 2.86. The molecule has 0 aliphatic heterocycles. The Bertz CT molecular complexity index is 251. The number of esters is 1. The molecule has 14 heavy (non-hydrogen) atoms. The molecule has 0 N–H and O–H groups in total. The van der Waals surface area contributed by atoms with Gasteiger partial charge in [0.2, 0.25) is 0 Å². The SMILES string of the molecule is CC(=O)OC1CCC(C)=CCC1(C)C. The molecule has 0 spiro atoms. The van der Waals surface area contributed by atoms with Gasteiger partial charge in [-0.1, -0.05) is 25.5 Å². The molecule has 1 rings (SSSR count). The summed E-state index contributed by atoms with van der Waals surface area (Å²) in [4.78, 5) is 11.0. The highest BCUT2D eigenvalue weighted by Gasteiger charge is 2.32. The number of hydrogen-bond acceptors (Lipinski definition) is 2. The van der Waals surface area contributed by atoms with Crippen LogP contribution in [0.25, 0.3) is 0 Å². The Kier molecular flexibility index (Phi) is 3.35. The summed E-state index contributed by atoms with van der Waals surface area (Å²) in [5, 5.41) is 0. The lowest BCUT2D eigenvalue weighted by Crippen LogP contribution is -2.32. The molecule has 1 atom stereocenters. The van der Waals surface area contributed by atoms with Crippen molar-refractivity contribution in [2.75, 3.05) is 0 Å². The third-order valence-corrected chi connectivity index (χ3v) is 2.96. The second-order valence-electron chi connectivity index (χ2n) is 4.88. The number of hydrogen-bond donors (Lipinski definition) is 0. The Morgan fingerprint density at radius 3 is 2.79 bits per heavy atom. The molecule has 0 aromatic carbocycles. The van der Waals surface area contributed by atoms with Crippen LogP contribution >= 0.6 is 0 Å². The minimum atomic E-state index is -0.164. The van der Waals surface area contributed by atoms with Crippen LogP contribution in [0.2, 0.25) is 0 Å². The molecule has 0 fully saturated rings. The van der Waals surface area contributed by atoms with Gasteiger partial charge in [0.25, 0.3) is 0 Å². The highest BCUT2D eigenvalue weighted by molar-refractivity contribution is 5.66. The van der Waals surface area contributed by atoms with Crippen molar-refractivity contribution >= 4 is 5.97 Å². The fourth-order valence-corrected chi connectivity index (χ4v) is 1.84. The predicted octanol–water partition coefficient (Wildman–Crippen LogP) is 3.07. The fraction of sp³-hybridized carbons (Fsp3) is 0.750. The zero-order chi connectivity index (χ0) is 10.8. The summed E-state index contributed by atoms with van der Waals surface area (Å²) in [7, 11) is 0. The zero-order valence-electron chi connectivity index (χ0n) is 9.59. The Hall–Kier alpha value is -0.790. The van der Waals surface area contributed by atoms with Gasteiger partial charge in [-0.25, -0.2) is 0 Å². The molecule has 2 nitrogen and oxygen atoms in total. The van der Waals surface area contributed by atoms with Crippen molar-refractivity contribution < 1.29 is 9.53 Å². The maximum atomic E-state index is 11.0. The first kappa shape index (κ1) is 11.3. The van der Waals surface area contributed by atoms with E-state index in [1.54, 1.807) is 0 Å². The minimum absolute atomic E-state index is 0.0636. The Balaban J connectivity index is 2.71. The van der Waals surface area contributed by atoms with E-state index in [0.29, 0.717) is 0 Å². The van der Waals surface area contributed by atoms with Gasteiger partial charge in [0.15, 0.2) is 0 Å². The molecule has 0 amide bonds. The van der Waals surface area contributed by atoms with E-state index in [2.05, 4.69) is 26.8 Å². The van der Waals surface area contributed by atoms with Crippen molar-refractivity contribution in [3.8, 4) is 0 Å². The maximum Gasteiger partial charge on any atom is 0.302 e. The molecule has 1 aliphatic carbocycles. The second kappa shape index (κ2) is 4.16. The van der Waals surface area contributed by atoms with E-state index < -0.39 is 0 Å². The first-order chi connectivity index (χ1) is 6.42. The number of rotatable bonds is 1. The average Bonchev–Trinajstić information content (AvgIpc) is 2.17. The van der Waals surface area contributed by atoms with E-state index in [-0.39, 0.29) is 17.5 Å². The zero-order valence-corrected chi connectivity index (χ0v) is 9.59. The van der Waals surface area contributed by atoms with Crippen molar-refractivity contribution in [2.45, 2.75) is 53.1 Å². The van der Waals surface area contributed by atoms with Crippen LogP contribution in [-0.2, 0) is 9.53 Å².